The highest BCUT2D eigenvalue weighted by Gasteiger charge is 2.32. The number of rotatable bonds is 4. The Labute approximate surface area is 128 Å². The van der Waals surface area contributed by atoms with Crippen molar-refractivity contribution in [1.82, 2.24) is 5.32 Å². The fourth-order valence-corrected chi connectivity index (χ4v) is 2.63. The molecule has 0 aliphatic heterocycles. The normalized spacial score (nSPS) is 22.0. The van der Waals surface area contributed by atoms with Crippen molar-refractivity contribution in [3.05, 3.63) is 46.5 Å². The van der Waals surface area contributed by atoms with Crippen molar-refractivity contribution in [1.29, 1.82) is 0 Å². The summed E-state index contributed by atoms with van der Waals surface area (Å²) in [5.74, 6) is 0.171. The maximum absolute atomic E-state index is 12.5. The Morgan fingerprint density at radius 1 is 1.35 bits per heavy atom. The van der Waals surface area contributed by atoms with Gasteiger partial charge < -0.3 is 10.4 Å². The smallest absolute Gasteiger partial charge is 0.230 e. The van der Waals surface area contributed by atoms with E-state index in [-0.39, 0.29) is 24.5 Å². The summed E-state index contributed by atoms with van der Waals surface area (Å²) in [6.45, 7) is 3.99. The summed E-state index contributed by atoms with van der Waals surface area (Å²) in [5.41, 5.74) is 0.408. The van der Waals surface area contributed by atoms with E-state index >= 15 is 0 Å². The summed E-state index contributed by atoms with van der Waals surface area (Å²) in [6, 6.07) is 7.84. The molecular formula is C16H20BrNO2. The molecule has 1 amide bonds. The highest BCUT2D eigenvalue weighted by Crippen LogP contribution is 2.26. The van der Waals surface area contributed by atoms with E-state index in [1.54, 1.807) is 0 Å². The molecule has 0 radical (unpaired) electrons. The molecule has 20 heavy (non-hydrogen) atoms. The zero-order chi connectivity index (χ0) is 14.8. The lowest BCUT2D eigenvalue weighted by Gasteiger charge is -2.26. The van der Waals surface area contributed by atoms with Crippen LogP contribution in [0, 0.1) is 5.92 Å². The van der Waals surface area contributed by atoms with Crippen LogP contribution in [0.5, 0.6) is 0 Å². The first-order valence-corrected chi connectivity index (χ1v) is 7.59. The molecular weight excluding hydrogens is 318 g/mol. The molecule has 1 aromatic rings. The Hall–Kier alpha value is -1.13. The van der Waals surface area contributed by atoms with Crippen LogP contribution < -0.4 is 5.32 Å². The van der Waals surface area contributed by atoms with Crippen molar-refractivity contribution >= 4 is 21.8 Å². The minimum absolute atomic E-state index is 0.00747. The Kier molecular flexibility index (Phi) is 4.66. The summed E-state index contributed by atoms with van der Waals surface area (Å²) in [6.07, 6.45) is 4.71. The number of amides is 1. The van der Waals surface area contributed by atoms with Crippen LogP contribution in [0.25, 0.3) is 0 Å². The molecule has 0 heterocycles. The number of nitrogens with one attached hydrogen (secondary N) is 1. The fraction of sp³-hybridized carbons (Fsp3) is 0.438. The fourth-order valence-electron chi connectivity index (χ4n) is 2.36. The minimum atomic E-state index is -0.578. The lowest BCUT2D eigenvalue weighted by molar-refractivity contribution is -0.126. The van der Waals surface area contributed by atoms with Gasteiger partial charge in [0.1, 0.15) is 0 Å². The van der Waals surface area contributed by atoms with Gasteiger partial charge in [0.15, 0.2) is 0 Å². The second-order valence-corrected chi connectivity index (χ2v) is 6.69. The topological polar surface area (TPSA) is 49.3 Å². The van der Waals surface area contributed by atoms with E-state index in [1.165, 1.54) is 0 Å². The molecule has 1 aliphatic carbocycles. The van der Waals surface area contributed by atoms with Crippen LogP contribution in [0.2, 0.25) is 0 Å². The van der Waals surface area contributed by atoms with Crippen LogP contribution in [-0.4, -0.2) is 23.7 Å². The molecule has 4 heteroatoms. The average Bonchev–Trinajstić information content (AvgIpc) is 2.87. The summed E-state index contributed by atoms with van der Waals surface area (Å²) in [5, 5.41) is 12.2. The molecule has 108 valence electrons. The number of aliphatic hydroxyl groups excluding tert-OH is 1. The number of carbonyl (C=O) groups excluding carboxylic acids is 1. The number of carbonyl (C=O) groups is 1. The highest BCUT2D eigenvalue weighted by atomic mass is 79.9. The summed E-state index contributed by atoms with van der Waals surface area (Å²) in [7, 11) is 0. The van der Waals surface area contributed by atoms with Gasteiger partial charge in [0.05, 0.1) is 5.41 Å². The predicted octanol–water partition coefficient (Wildman–Crippen LogP) is 2.78. The van der Waals surface area contributed by atoms with E-state index in [4.69, 9.17) is 5.11 Å². The van der Waals surface area contributed by atoms with Crippen molar-refractivity contribution in [2.24, 2.45) is 5.92 Å². The van der Waals surface area contributed by atoms with Gasteiger partial charge in [0.25, 0.3) is 0 Å². The quantitative estimate of drug-likeness (QED) is 0.830. The van der Waals surface area contributed by atoms with Crippen LogP contribution in [0.3, 0.4) is 0 Å². The van der Waals surface area contributed by atoms with Gasteiger partial charge in [-0.05, 0) is 38.0 Å². The Balaban J connectivity index is 2.04. The highest BCUT2D eigenvalue weighted by molar-refractivity contribution is 9.10. The molecule has 0 saturated heterocycles. The monoisotopic (exact) mass is 337 g/mol. The second kappa shape index (κ2) is 6.10. The minimum Gasteiger partial charge on any atom is -0.396 e. The van der Waals surface area contributed by atoms with Gasteiger partial charge in [-0.3, -0.25) is 4.79 Å². The van der Waals surface area contributed by atoms with Gasteiger partial charge in [0, 0.05) is 23.0 Å². The molecule has 0 fully saturated rings. The molecule has 0 saturated carbocycles. The largest absolute Gasteiger partial charge is 0.396 e. The molecule has 2 rings (SSSR count). The summed E-state index contributed by atoms with van der Waals surface area (Å²) >= 11 is 3.40. The van der Waals surface area contributed by atoms with Gasteiger partial charge in [-0.25, -0.2) is 0 Å². The van der Waals surface area contributed by atoms with Crippen LogP contribution >= 0.6 is 15.9 Å². The van der Waals surface area contributed by atoms with Crippen molar-refractivity contribution in [2.45, 2.75) is 31.7 Å². The van der Waals surface area contributed by atoms with Gasteiger partial charge >= 0.3 is 0 Å². The molecule has 3 nitrogen and oxygen atoms in total. The second-order valence-electron chi connectivity index (χ2n) is 5.78. The third-order valence-electron chi connectivity index (χ3n) is 3.86. The number of benzene rings is 1. The third-order valence-corrected chi connectivity index (χ3v) is 4.39. The molecule has 0 spiro atoms. The van der Waals surface area contributed by atoms with E-state index in [2.05, 4.69) is 21.2 Å². The maximum atomic E-state index is 12.5. The van der Waals surface area contributed by atoms with Crippen LogP contribution in [-0.2, 0) is 10.2 Å². The number of aliphatic hydroxyl groups is 1. The molecule has 1 aromatic carbocycles. The van der Waals surface area contributed by atoms with Gasteiger partial charge in [0.2, 0.25) is 5.91 Å². The molecule has 2 atom stereocenters. The first kappa shape index (κ1) is 15.3. The summed E-state index contributed by atoms with van der Waals surface area (Å²) in [4.78, 5) is 12.5. The SMILES string of the molecule is CC(C)(C(=O)N[C@@H]1C=C[C@H](CO)C1)c1ccc(Br)cc1. The van der Waals surface area contributed by atoms with Crippen molar-refractivity contribution in [3.63, 3.8) is 0 Å². The summed E-state index contributed by atoms with van der Waals surface area (Å²) < 4.78 is 1.00. The molecule has 0 unspecified atom stereocenters. The zero-order valence-corrected chi connectivity index (χ0v) is 13.4. The van der Waals surface area contributed by atoms with E-state index < -0.39 is 5.41 Å². The Morgan fingerprint density at radius 2 is 2.00 bits per heavy atom. The number of halogens is 1. The van der Waals surface area contributed by atoms with Crippen LogP contribution in [0.15, 0.2) is 40.9 Å². The first-order chi connectivity index (χ1) is 9.43. The van der Waals surface area contributed by atoms with E-state index in [9.17, 15) is 4.79 Å². The lowest BCUT2D eigenvalue weighted by Crippen LogP contribution is -2.44. The number of hydrogen-bond donors (Lipinski definition) is 2. The van der Waals surface area contributed by atoms with Crippen molar-refractivity contribution < 1.29 is 9.90 Å². The molecule has 0 aromatic heterocycles. The lowest BCUT2D eigenvalue weighted by atomic mass is 9.83. The van der Waals surface area contributed by atoms with Gasteiger partial charge in [-0.15, -0.1) is 0 Å². The Morgan fingerprint density at radius 3 is 2.55 bits per heavy atom. The number of hydrogen-bond acceptors (Lipinski definition) is 2. The maximum Gasteiger partial charge on any atom is 0.230 e. The molecule has 1 aliphatic rings. The molecule has 2 N–H and O–H groups in total. The van der Waals surface area contributed by atoms with Gasteiger partial charge in [-0.1, -0.05) is 40.2 Å². The van der Waals surface area contributed by atoms with Crippen LogP contribution in [0.4, 0.5) is 0 Å². The van der Waals surface area contributed by atoms with Gasteiger partial charge in [-0.2, -0.15) is 0 Å². The molecule has 0 bridgehead atoms. The van der Waals surface area contributed by atoms with E-state index in [1.807, 2.05) is 50.3 Å². The van der Waals surface area contributed by atoms with Crippen molar-refractivity contribution in [3.8, 4) is 0 Å². The predicted molar refractivity (Wildman–Crippen MR) is 83.4 cm³/mol. The zero-order valence-electron chi connectivity index (χ0n) is 11.8. The standard InChI is InChI=1S/C16H20BrNO2/c1-16(2,12-4-6-13(17)7-5-12)15(20)18-14-8-3-11(9-14)10-19/h3-8,11,14,19H,9-10H2,1-2H3,(H,18,20)/t11-,14+/m0/s1. The van der Waals surface area contributed by atoms with E-state index in [0.29, 0.717) is 0 Å². The van der Waals surface area contributed by atoms with Crippen molar-refractivity contribution in [2.75, 3.05) is 6.61 Å². The Bertz CT molecular complexity index is 508. The van der Waals surface area contributed by atoms with E-state index in [0.717, 1.165) is 16.5 Å². The third kappa shape index (κ3) is 3.30. The first-order valence-electron chi connectivity index (χ1n) is 6.79. The van der Waals surface area contributed by atoms with Crippen LogP contribution in [0.1, 0.15) is 25.8 Å². The average molecular weight is 338 g/mol.